The van der Waals surface area contributed by atoms with Gasteiger partial charge in [-0.2, -0.15) is 0 Å². The number of hydrogen-bond donors (Lipinski definition) is 1. The minimum atomic E-state index is 0.234. The van der Waals surface area contributed by atoms with Gasteiger partial charge >= 0.3 is 0 Å². The maximum absolute atomic E-state index is 4.96. The van der Waals surface area contributed by atoms with Crippen molar-refractivity contribution in [2.24, 2.45) is 0 Å². The lowest BCUT2D eigenvalue weighted by Gasteiger charge is -2.42. The van der Waals surface area contributed by atoms with Gasteiger partial charge in [-0.25, -0.2) is 0 Å². The summed E-state index contributed by atoms with van der Waals surface area (Å²) >= 11 is 3.64. The second kappa shape index (κ2) is 9.56. The first kappa shape index (κ1) is 22.0. The highest BCUT2D eigenvalue weighted by molar-refractivity contribution is 9.10. The van der Waals surface area contributed by atoms with Gasteiger partial charge in [0, 0.05) is 42.9 Å². The Labute approximate surface area is 201 Å². The third-order valence-corrected chi connectivity index (χ3v) is 7.95. The van der Waals surface area contributed by atoms with Crippen molar-refractivity contribution in [2.45, 2.75) is 64.0 Å². The fourth-order valence-corrected chi connectivity index (χ4v) is 6.14. The molecule has 1 atom stereocenters. The molecular formula is C27H35BrN4. The molecular weight excluding hydrogens is 460 g/mol. The molecule has 1 saturated carbocycles. The topological polar surface area (TPSA) is 31.4 Å². The number of aromatic nitrogens is 1. The fourth-order valence-electron chi connectivity index (χ4n) is 5.77. The predicted molar refractivity (Wildman–Crippen MR) is 135 cm³/mol. The van der Waals surface area contributed by atoms with Crippen molar-refractivity contribution in [1.29, 1.82) is 0 Å². The van der Waals surface area contributed by atoms with Crippen LogP contribution in [0.1, 0.15) is 66.1 Å². The smallest absolute Gasteiger partial charge is 0.0941 e. The first-order valence-corrected chi connectivity index (χ1v) is 13.1. The lowest BCUT2D eigenvalue weighted by atomic mass is 9.94. The molecule has 32 heavy (non-hydrogen) atoms. The number of aryl methyl sites for hydroxylation is 3. The monoisotopic (exact) mass is 494 g/mol. The van der Waals surface area contributed by atoms with Crippen LogP contribution in [0.4, 0.5) is 0 Å². The van der Waals surface area contributed by atoms with E-state index in [2.05, 4.69) is 68.8 Å². The number of benzene rings is 1. The number of nitrogens with one attached hydrogen (secondary N) is 1. The second-order valence-electron chi connectivity index (χ2n) is 9.75. The van der Waals surface area contributed by atoms with E-state index in [9.17, 15) is 0 Å². The van der Waals surface area contributed by atoms with E-state index in [1.54, 1.807) is 0 Å². The van der Waals surface area contributed by atoms with Crippen molar-refractivity contribution in [3.8, 4) is 0 Å². The standard InChI is InChI=1S/C27H35BrN4/c1-19-8-11-25-21(16-19)9-10-22-17-23(28)18-29-26(22)27(25)32-14-12-31(13-15-32)20(2)30-24-6-4-3-5-7-24/h8,11,16-18,24,27,30H,2-7,9-10,12-15H2,1H3. The molecule has 1 N–H and O–H groups in total. The SMILES string of the molecule is C=C(NC1CCCCC1)N1CCN(C2c3ccc(C)cc3CCc3cc(Br)cnc32)CC1. The number of hydrogen-bond acceptors (Lipinski definition) is 4. The molecule has 1 aromatic heterocycles. The zero-order chi connectivity index (χ0) is 22.1. The van der Waals surface area contributed by atoms with E-state index >= 15 is 0 Å². The first-order valence-electron chi connectivity index (χ1n) is 12.3. The molecule has 3 aliphatic rings. The molecule has 2 heterocycles. The average molecular weight is 496 g/mol. The highest BCUT2D eigenvalue weighted by atomic mass is 79.9. The second-order valence-corrected chi connectivity index (χ2v) is 10.7. The van der Waals surface area contributed by atoms with E-state index < -0.39 is 0 Å². The Morgan fingerprint density at radius 1 is 1.03 bits per heavy atom. The summed E-state index contributed by atoms with van der Waals surface area (Å²) < 4.78 is 1.08. The van der Waals surface area contributed by atoms with E-state index in [1.165, 1.54) is 60.1 Å². The van der Waals surface area contributed by atoms with Crippen molar-refractivity contribution in [2.75, 3.05) is 26.2 Å². The van der Waals surface area contributed by atoms with Crippen LogP contribution in [0.25, 0.3) is 0 Å². The predicted octanol–water partition coefficient (Wildman–Crippen LogP) is 5.35. The number of fused-ring (bicyclic) bond motifs is 2. The van der Waals surface area contributed by atoms with E-state index in [0.29, 0.717) is 6.04 Å². The summed E-state index contributed by atoms with van der Waals surface area (Å²) in [6, 6.07) is 10.1. The zero-order valence-corrected chi connectivity index (χ0v) is 20.8. The van der Waals surface area contributed by atoms with Gasteiger partial charge in [-0.3, -0.25) is 9.88 Å². The molecule has 5 rings (SSSR count). The maximum atomic E-state index is 4.96. The van der Waals surface area contributed by atoms with Gasteiger partial charge in [0.15, 0.2) is 0 Å². The van der Waals surface area contributed by atoms with E-state index in [-0.39, 0.29) is 6.04 Å². The van der Waals surface area contributed by atoms with Crippen LogP contribution in [0.5, 0.6) is 0 Å². The van der Waals surface area contributed by atoms with E-state index in [4.69, 9.17) is 4.98 Å². The zero-order valence-electron chi connectivity index (χ0n) is 19.2. The molecule has 0 amide bonds. The van der Waals surface area contributed by atoms with Crippen LogP contribution in [-0.4, -0.2) is 47.0 Å². The van der Waals surface area contributed by atoms with Gasteiger partial charge in [0.1, 0.15) is 0 Å². The molecule has 2 aliphatic carbocycles. The molecule has 1 aromatic carbocycles. The van der Waals surface area contributed by atoms with Crippen LogP contribution in [0, 0.1) is 6.92 Å². The van der Waals surface area contributed by atoms with Gasteiger partial charge in [-0.15, -0.1) is 0 Å². The van der Waals surface area contributed by atoms with Crippen LogP contribution in [0.3, 0.4) is 0 Å². The van der Waals surface area contributed by atoms with Crippen molar-refractivity contribution in [1.82, 2.24) is 20.1 Å². The number of nitrogens with zero attached hydrogens (tertiary/aromatic N) is 3. The Balaban J connectivity index is 1.35. The average Bonchev–Trinajstić information content (AvgIpc) is 2.96. The van der Waals surface area contributed by atoms with Crippen LogP contribution >= 0.6 is 15.9 Å². The number of rotatable bonds is 4. The maximum Gasteiger partial charge on any atom is 0.0941 e. The Hall–Kier alpha value is -1.85. The third kappa shape index (κ3) is 4.60. The molecule has 0 radical (unpaired) electrons. The minimum absolute atomic E-state index is 0.234. The molecule has 2 fully saturated rings. The van der Waals surface area contributed by atoms with Gasteiger partial charge in [-0.05, 0) is 71.3 Å². The molecule has 2 aromatic rings. The summed E-state index contributed by atoms with van der Waals surface area (Å²) in [5.74, 6) is 1.12. The molecule has 0 bridgehead atoms. The van der Waals surface area contributed by atoms with Crippen LogP contribution < -0.4 is 5.32 Å². The molecule has 4 nitrogen and oxygen atoms in total. The van der Waals surface area contributed by atoms with Gasteiger partial charge in [0.05, 0.1) is 17.6 Å². The molecule has 170 valence electrons. The highest BCUT2D eigenvalue weighted by Gasteiger charge is 2.32. The summed E-state index contributed by atoms with van der Waals surface area (Å²) in [6.07, 6.45) is 10.8. The first-order chi connectivity index (χ1) is 15.6. The van der Waals surface area contributed by atoms with Crippen LogP contribution in [0.15, 0.2) is 47.3 Å². The van der Waals surface area contributed by atoms with E-state index in [1.807, 2.05) is 6.20 Å². The van der Waals surface area contributed by atoms with Crippen molar-refractivity contribution in [3.63, 3.8) is 0 Å². The Kier molecular flexibility index (Phi) is 6.56. The molecule has 1 saturated heterocycles. The van der Waals surface area contributed by atoms with Gasteiger partial charge in [-0.1, -0.05) is 49.6 Å². The van der Waals surface area contributed by atoms with Crippen molar-refractivity contribution >= 4 is 15.9 Å². The van der Waals surface area contributed by atoms with Crippen LogP contribution in [-0.2, 0) is 12.8 Å². The summed E-state index contributed by atoms with van der Waals surface area (Å²) in [5, 5.41) is 3.73. The quantitative estimate of drug-likeness (QED) is 0.620. The van der Waals surface area contributed by atoms with Crippen molar-refractivity contribution in [3.05, 3.63) is 75.3 Å². The van der Waals surface area contributed by atoms with E-state index in [0.717, 1.165) is 49.3 Å². The lowest BCUT2D eigenvalue weighted by molar-refractivity contribution is 0.122. The summed E-state index contributed by atoms with van der Waals surface area (Å²) in [4.78, 5) is 10.1. The van der Waals surface area contributed by atoms with Gasteiger partial charge in [0.25, 0.3) is 0 Å². The summed E-state index contributed by atoms with van der Waals surface area (Å²) in [6.45, 7) is 10.7. The van der Waals surface area contributed by atoms with Gasteiger partial charge < -0.3 is 10.2 Å². The van der Waals surface area contributed by atoms with Crippen molar-refractivity contribution < 1.29 is 0 Å². The van der Waals surface area contributed by atoms with Crippen LogP contribution in [0.2, 0.25) is 0 Å². The fraction of sp³-hybridized carbons (Fsp3) is 0.519. The normalized spacial score (nSPS) is 22.1. The Bertz CT molecular complexity index is 920. The molecule has 1 unspecified atom stereocenters. The Morgan fingerprint density at radius 2 is 1.78 bits per heavy atom. The van der Waals surface area contributed by atoms with Gasteiger partial charge in [0.2, 0.25) is 0 Å². The highest BCUT2D eigenvalue weighted by Crippen LogP contribution is 2.37. The molecule has 5 heteroatoms. The lowest BCUT2D eigenvalue weighted by Crippen LogP contribution is -2.50. The third-order valence-electron chi connectivity index (χ3n) is 7.52. The summed E-state index contributed by atoms with van der Waals surface area (Å²) in [5.41, 5.74) is 6.89. The Morgan fingerprint density at radius 3 is 2.56 bits per heavy atom. The molecule has 1 aliphatic heterocycles. The largest absolute Gasteiger partial charge is 0.370 e. The summed E-state index contributed by atoms with van der Waals surface area (Å²) in [7, 11) is 0. The minimum Gasteiger partial charge on any atom is -0.370 e. The molecule has 0 spiro atoms. The number of pyridine rings is 1. The number of halogens is 1. The number of piperazine rings is 1.